The van der Waals surface area contributed by atoms with Gasteiger partial charge in [0.15, 0.2) is 0 Å². The van der Waals surface area contributed by atoms with Crippen LogP contribution < -0.4 is 0 Å². The van der Waals surface area contributed by atoms with Gasteiger partial charge in [0.1, 0.15) is 5.60 Å². The Morgan fingerprint density at radius 3 is 2.47 bits per heavy atom. The summed E-state index contributed by atoms with van der Waals surface area (Å²) in [5.41, 5.74) is 0.0800. The molecule has 1 fully saturated rings. The van der Waals surface area contributed by atoms with Gasteiger partial charge in [0.2, 0.25) is 0 Å². The summed E-state index contributed by atoms with van der Waals surface area (Å²) in [6.45, 7) is 0. The number of hydrogen-bond donors (Lipinski definition) is 2. The molecule has 1 saturated carbocycles. The molecule has 0 aromatic heterocycles. The molecule has 0 amide bonds. The van der Waals surface area contributed by atoms with Crippen molar-refractivity contribution in [2.24, 2.45) is 0 Å². The first-order valence-corrected chi connectivity index (χ1v) is 6.15. The molecule has 1 unspecified atom stereocenters. The largest absolute Gasteiger partial charge is 0.387 e. The molecule has 0 bridgehead atoms. The number of rotatable bonds is 2. The average molecular weight is 230 g/mol. The first kappa shape index (κ1) is 12.2. The van der Waals surface area contributed by atoms with E-state index >= 15 is 0 Å². The van der Waals surface area contributed by atoms with Gasteiger partial charge in [-0.05, 0) is 31.2 Å². The zero-order chi connectivity index (χ0) is 12.1. The molecule has 1 atom stereocenters. The Kier molecular flexibility index (Phi) is 3.83. The van der Waals surface area contributed by atoms with Gasteiger partial charge in [-0.1, -0.05) is 42.2 Å². The minimum absolute atomic E-state index is 0.381. The molecule has 1 aromatic carbocycles. The summed E-state index contributed by atoms with van der Waals surface area (Å²) >= 11 is 0. The topological polar surface area (TPSA) is 40.5 Å². The van der Waals surface area contributed by atoms with Gasteiger partial charge in [-0.15, -0.1) is 0 Å². The second-order valence-corrected chi connectivity index (χ2v) is 4.67. The number of benzene rings is 1. The van der Waals surface area contributed by atoms with Crippen LogP contribution in [0.15, 0.2) is 30.3 Å². The van der Waals surface area contributed by atoms with E-state index in [1.54, 1.807) is 0 Å². The van der Waals surface area contributed by atoms with Crippen LogP contribution in [0.4, 0.5) is 0 Å². The van der Waals surface area contributed by atoms with Crippen LogP contribution in [0.3, 0.4) is 0 Å². The monoisotopic (exact) mass is 230 g/mol. The highest BCUT2D eigenvalue weighted by Crippen LogP contribution is 2.28. The summed E-state index contributed by atoms with van der Waals surface area (Å²) in [6.07, 6.45) is 3.45. The van der Waals surface area contributed by atoms with Gasteiger partial charge < -0.3 is 10.2 Å². The molecule has 1 aliphatic carbocycles. The summed E-state index contributed by atoms with van der Waals surface area (Å²) in [7, 11) is 0. The van der Waals surface area contributed by atoms with Crippen molar-refractivity contribution >= 4 is 0 Å². The first-order valence-electron chi connectivity index (χ1n) is 6.15. The van der Waals surface area contributed by atoms with E-state index in [4.69, 9.17) is 0 Å². The van der Waals surface area contributed by atoms with Crippen molar-refractivity contribution in [3.05, 3.63) is 35.9 Å². The summed E-state index contributed by atoms with van der Waals surface area (Å²) in [5.74, 6) is 5.82. The smallest absolute Gasteiger partial charge is 0.125 e. The molecular formula is C15H18O2. The maximum atomic E-state index is 10.0. The van der Waals surface area contributed by atoms with E-state index in [0.717, 1.165) is 31.2 Å². The zero-order valence-electron chi connectivity index (χ0n) is 9.89. The lowest BCUT2D eigenvalue weighted by molar-refractivity contribution is 0.109. The normalized spacial score (nSPS) is 19.4. The second-order valence-electron chi connectivity index (χ2n) is 4.67. The Hall–Kier alpha value is -1.30. The molecule has 17 heavy (non-hydrogen) atoms. The highest BCUT2D eigenvalue weighted by molar-refractivity contribution is 5.21. The van der Waals surface area contributed by atoms with Gasteiger partial charge >= 0.3 is 0 Å². The minimum Gasteiger partial charge on any atom is -0.387 e. The zero-order valence-corrected chi connectivity index (χ0v) is 9.89. The number of hydrogen-bond acceptors (Lipinski definition) is 2. The molecule has 1 aromatic rings. The molecule has 1 aliphatic rings. The van der Waals surface area contributed by atoms with Crippen molar-refractivity contribution in [1.82, 2.24) is 0 Å². The summed E-state index contributed by atoms with van der Waals surface area (Å²) < 4.78 is 0. The van der Waals surface area contributed by atoms with E-state index in [2.05, 4.69) is 11.8 Å². The van der Waals surface area contributed by atoms with Crippen LogP contribution >= 0.6 is 0 Å². The Morgan fingerprint density at radius 2 is 1.82 bits per heavy atom. The molecule has 2 nitrogen and oxygen atoms in total. The van der Waals surface area contributed by atoms with Crippen molar-refractivity contribution in [1.29, 1.82) is 0 Å². The molecule has 0 heterocycles. The molecule has 0 radical (unpaired) electrons. The third-order valence-corrected chi connectivity index (χ3v) is 3.23. The van der Waals surface area contributed by atoms with E-state index in [0.29, 0.717) is 6.42 Å². The fourth-order valence-corrected chi connectivity index (χ4v) is 2.19. The van der Waals surface area contributed by atoms with Gasteiger partial charge in [-0.3, -0.25) is 0 Å². The van der Waals surface area contributed by atoms with Crippen molar-refractivity contribution in [2.45, 2.75) is 43.8 Å². The Balaban J connectivity index is 1.92. The van der Waals surface area contributed by atoms with Gasteiger partial charge in [0, 0.05) is 6.42 Å². The van der Waals surface area contributed by atoms with E-state index in [1.165, 1.54) is 0 Å². The lowest BCUT2D eigenvalue weighted by Gasteiger charge is -2.13. The second kappa shape index (κ2) is 5.35. The standard InChI is InChI=1S/C15H18O2/c16-14(13-7-2-1-3-8-13)9-6-12-15(17)10-4-5-11-15/h1-3,7-8,14,16-17H,4-5,9-11H2. The molecule has 2 heteroatoms. The Labute approximate surface area is 102 Å². The van der Waals surface area contributed by atoms with E-state index < -0.39 is 11.7 Å². The van der Waals surface area contributed by atoms with E-state index in [-0.39, 0.29) is 0 Å². The van der Waals surface area contributed by atoms with Crippen molar-refractivity contribution < 1.29 is 10.2 Å². The van der Waals surface area contributed by atoms with Crippen molar-refractivity contribution in [3.8, 4) is 11.8 Å². The fraction of sp³-hybridized carbons (Fsp3) is 0.467. The van der Waals surface area contributed by atoms with Crippen LogP contribution in [0.25, 0.3) is 0 Å². The quantitative estimate of drug-likeness (QED) is 0.766. The maximum absolute atomic E-state index is 10.0. The summed E-state index contributed by atoms with van der Waals surface area (Å²) in [4.78, 5) is 0. The van der Waals surface area contributed by atoms with Gasteiger partial charge in [0.25, 0.3) is 0 Å². The molecular weight excluding hydrogens is 212 g/mol. The molecule has 0 saturated heterocycles. The number of aliphatic hydroxyl groups is 2. The minimum atomic E-state index is -0.795. The van der Waals surface area contributed by atoms with Crippen LogP contribution in [0.5, 0.6) is 0 Å². The Morgan fingerprint density at radius 1 is 1.18 bits per heavy atom. The highest BCUT2D eigenvalue weighted by Gasteiger charge is 2.28. The predicted molar refractivity (Wildman–Crippen MR) is 67.2 cm³/mol. The van der Waals surface area contributed by atoms with E-state index in [9.17, 15) is 10.2 Å². The Bertz CT molecular complexity index is 408. The molecule has 90 valence electrons. The summed E-state index contributed by atoms with van der Waals surface area (Å²) in [5, 5.41) is 19.9. The van der Waals surface area contributed by atoms with Crippen LogP contribution in [0.2, 0.25) is 0 Å². The molecule has 0 aliphatic heterocycles. The van der Waals surface area contributed by atoms with Crippen LogP contribution in [0.1, 0.15) is 43.8 Å². The van der Waals surface area contributed by atoms with Crippen molar-refractivity contribution in [2.75, 3.05) is 0 Å². The lowest BCUT2D eigenvalue weighted by atomic mass is 10.0. The maximum Gasteiger partial charge on any atom is 0.125 e. The predicted octanol–water partition coefficient (Wildman–Crippen LogP) is 2.42. The third kappa shape index (κ3) is 3.33. The SMILES string of the molecule is OC(CC#CC1(O)CCCC1)c1ccccc1. The summed E-state index contributed by atoms with van der Waals surface area (Å²) in [6, 6.07) is 9.49. The number of aliphatic hydroxyl groups excluding tert-OH is 1. The fourth-order valence-electron chi connectivity index (χ4n) is 2.19. The molecule has 2 rings (SSSR count). The van der Waals surface area contributed by atoms with E-state index in [1.807, 2.05) is 30.3 Å². The third-order valence-electron chi connectivity index (χ3n) is 3.23. The lowest BCUT2D eigenvalue weighted by Crippen LogP contribution is -2.20. The van der Waals surface area contributed by atoms with Gasteiger partial charge in [-0.25, -0.2) is 0 Å². The van der Waals surface area contributed by atoms with Gasteiger partial charge in [-0.2, -0.15) is 0 Å². The van der Waals surface area contributed by atoms with Crippen LogP contribution in [-0.2, 0) is 0 Å². The van der Waals surface area contributed by atoms with Gasteiger partial charge in [0.05, 0.1) is 6.10 Å². The van der Waals surface area contributed by atoms with Crippen LogP contribution in [-0.4, -0.2) is 15.8 Å². The molecule has 2 N–H and O–H groups in total. The molecule has 0 spiro atoms. The van der Waals surface area contributed by atoms with Crippen molar-refractivity contribution in [3.63, 3.8) is 0 Å². The highest BCUT2D eigenvalue weighted by atomic mass is 16.3. The van der Waals surface area contributed by atoms with Crippen LogP contribution in [0, 0.1) is 11.8 Å². The first-order chi connectivity index (χ1) is 8.20. The average Bonchev–Trinajstić information content (AvgIpc) is 2.77.